The molecule has 0 radical (unpaired) electrons. The maximum absolute atomic E-state index is 11.8. The second kappa shape index (κ2) is 4.53. The fourth-order valence-corrected chi connectivity index (χ4v) is 3.87. The van der Waals surface area contributed by atoms with Crippen molar-refractivity contribution in [3.05, 3.63) is 16.0 Å². The summed E-state index contributed by atoms with van der Waals surface area (Å²) in [5, 5.41) is 0.583. The fourth-order valence-electron chi connectivity index (χ4n) is 2.20. The van der Waals surface area contributed by atoms with Gasteiger partial charge in [-0.1, -0.05) is 6.92 Å². The largest absolute Gasteiger partial charge is 0.462 e. The summed E-state index contributed by atoms with van der Waals surface area (Å²) in [6.07, 6.45) is 2.70. The molecule has 0 fully saturated rings. The van der Waals surface area contributed by atoms with Gasteiger partial charge >= 0.3 is 5.97 Å². The Morgan fingerprint density at radius 2 is 2.35 bits per heavy atom. The number of fused-ring (bicyclic) bond motifs is 1. The SMILES string of the molecule is CCOC(=O)c1c(N)sc2c1CCC(C)(S)C2. The second-order valence-electron chi connectivity index (χ2n) is 4.64. The molecule has 0 aromatic carbocycles. The molecule has 1 aromatic heterocycles. The van der Waals surface area contributed by atoms with E-state index in [9.17, 15) is 4.79 Å². The normalized spacial score (nSPS) is 23.2. The van der Waals surface area contributed by atoms with E-state index < -0.39 is 0 Å². The van der Waals surface area contributed by atoms with Crippen LogP contribution in [0.2, 0.25) is 0 Å². The monoisotopic (exact) mass is 271 g/mol. The van der Waals surface area contributed by atoms with E-state index in [2.05, 4.69) is 19.6 Å². The van der Waals surface area contributed by atoms with Crippen molar-refractivity contribution in [2.45, 2.75) is 37.9 Å². The lowest BCUT2D eigenvalue weighted by Crippen LogP contribution is -2.26. The van der Waals surface area contributed by atoms with Crippen LogP contribution in [0.4, 0.5) is 5.00 Å². The Labute approximate surface area is 111 Å². The number of hydrogen-bond acceptors (Lipinski definition) is 5. The van der Waals surface area contributed by atoms with Gasteiger partial charge in [-0.15, -0.1) is 11.3 Å². The number of nitrogens with two attached hydrogens (primary N) is 1. The third-order valence-corrected chi connectivity index (χ3v) is 4.50. The average Bonchev–Trinajstić information content (AvgIpc) is 2.51. The summed E-state index contributed by atoms with van der Waals surface area (Å²) < 4.78 is 5.06. The van der Waals surface area contributed by atoms with Crippen LogP contribution in [-0.4, -0.2) is 17.3 Å². The molecule has 0 spiro atoms. The summed E-state index contributed by atoms with van der Waals surface area (Å²) >= 11 is 6.13. The van der Waals surface area contributed by atoms with E-state index in [4.69, 9.17) is 10.5 Å². The van der Waals surface area contributed by atoms with E-state index in [1.165, 1.54) is 16.2 Å². The smallest absolute Gasteiger partial charge is 0.341 e. The van der Waals surface area contributed by atoms with Gasteiger partial charge < -0.3 is 10.5 Å². The Bertz CT molecular complexity index is 452. The summed E-state index contributed by atoms with van der Waals surface area (Å²) in [5.41, 5.74) is 7.61. The third kappa shape index (κ3) is 2.45. The minimum atomic E-state index is -0.287. The van der Waals surface area contributed by atoms with Crippen molar-refractivity contribution in [3.63, 3.8) is 0 Å². The first-order valence-electron chi connectivity index (χ1n) is 5.74. The van der Waals surface area contributed by atoms with Crippen LogP contribution in [0.5, 0.6) is 0 Å². The first kappa shape index (κ1) is 12.8. The molecule has 0 bridgehead atoms. The number of rotatable bonds is 2. The quantitative estimate of drug-likeness (QED) is 0.642. The van der Waals surface area contributed by atoms with Gasteiger partial charge in [-0.05, 0) is 31.7 Å². The van der Waals surface area contributed by atoms with Crippen LogP contribution < -0.4 is 5.73 Å². The molecule has 0 saturated carbocycles. The molecule has 2 rings (SSSR count). The Kier molecular flexibility index (Phi) is 3.41. The zero-order valence-corrected chi connectivity index (χ0v) is 11.8. The van der Waals surface area contributed by atoms with Crippen LogP contribution in [0, 0.1) is 0 Å². The third-order valence-electron chi connectivity index (χ3n) is 3.05. The predicted octanol–water partition coefficient (Wildman–Crippen LogP) is 2.68. The number of esters is 1. The number of carbonyl (C=O) groups is 1. The molecule has 1 heterocycles. The Balaban J connectivity index is 2.37. The highest BCUT2D eigenvalue weighted by molar-refractivity contribution is 7.81. The fraction of sp³-hybridized carbons (Fsp3) is 0.583. The lowest BCUT2D eigenvalue weighted by atomic mass is 9.87. The van der Waals surface area contributed by atoms with Gasteiger partial charge in [0.1, 0.15) is 5.00 Å². The van der Waals surface area contributed by atoms with Gasteiger partial charge in [-0.25, -0.2) is 4.79 Å². The van der Waals surface area contributed by atoms with Gasteiger partial charge in [-0.3, -0.25) is 0 Å². The molecular formula is C12H17NO2S2. The van der Waals surface area contributed by atoms with Crippen LogP contribution >= 0.6 is 24.0 Å². The lowest BCUT2D eigenvalue weighted by Gasteiger charge is -2.28. The van der Waals surface area contributed by atoms with Crippen molar-refractivity contribution >= 4 is 34.9 Å². The van der Waals surface area contributed by atoms with E-state index in [1.54, 1.807) is 6.92 Å². The van der Waals surface area contributed by atoms with Crippen molar-refractivity contribution in [1.29, 1.82) is 0 Å². The molecule has 1 aromatic rings. The number of thiophene rings is 1. The number of ether oxygens (including phenoxy) is 1. The van der Waals surface area contributed by atoms with Gasteiger partial charge in [0, 0.05) is 9.62 Å². The Hall–Kier alpha value is -0.680. The van der Waals surface area contributed by atoms with Crippen molar-refractivity contribution in [3.8, 4) is 0 Å². The average molecular weight is 271 g/mol. The van der Waals surface area contributed by atoms with Crippen LogP contribution in [0.1, 0.15) is 41.1 Å². The van der Waals surface area contributed by atoms with Crippen LogP contribution in [0.15, 0.2) is 0 Å². The predicted molar refractivity (Wildman–Crippen MR) is 74.1 cm³/mol. The van der Waals surface area contributed by atoms with Crippen molar-refractivity contribution in [1.82, 2.24) is 0 Å². The van der Waals surface area contributed by atoms with Gasteiger partial charge in [0.2, 0.25) is 0 Å². The molecule has 2 N–H and O–H groups in total. The highest BCUT2D eigenvalue weighted by Gasteiger charge is 2.32. The Morgan fingerprint density at radius 1 is 1.65 bits per heavy atom. The molecule has 1 aliphatic rings. The van der Waals surface area contributed by atoms with Gasteiger partial charge in [0.05, 0.1) is 12.2 Å². The standard InChI is InChI=1S/C12H17NO2S2/c1-3-15-11(14)9-7-4-5-12(2,16)6-8(7)17-10(9)13/h16H,3-6,13H2,1-2H3. The zero-order valence-electron chi connectivity index (χ0n) is 10.1. The van der Waals surface area contributed by atoms with E-state index >= 15 is 0 Å². The Morgan fingerprint density at radius 3 is 3.00 bits per heavy atom. The van der Waals surface area contributed by atoms with Crippen molar-refractivity contribution < 1.29 is 9.53 Å². The van der Waals surface area contributed by atoms with Gasteiger partial charge in [-0.2, -0.15) is 12.6 Å². The number of thiol groups is 1. The van der Waals surface area contributed by atoms with Gasteiger partial charge in [0.25, 0.3) is 0 Å². The lowest BCUT2D eigenvalue weighted by molar-refractivity contribution is 0.0526. The molecule has 3 nitrogen and oxygen atoms in total. The van der Waals surface area contributed by atoms with Gasteiger partial charge in [0.15, 0.2) is 0 Å². The molecule has 1 aliphatic carbocycles. The highest BCUT2D eigenvalue weighted by Crippen LogP contribution is 2.41. The summed E-state index contributed by atoms with van der Waals surface area (Å²) in [4.78, 5) is 13.0. The summed E-state index contributed by atoms with van der Waals surface area (Å²) in [6.45, 7) is 4.31. The van der Waals surface area contributed by atoms with Crippen LogP contribution in [0.3, 0.4) is 0 Å². The van der Waals surface area contributed by atoms with E-state index in [-0.39, 0.29) is 10.7 Å². The topological polar surface area (TPSA) is 52.3 Å². The second-order valence-corrected chi connectivity index (χ2v) is 6.85. The van der Waals surface area contributed by atoms with Crippen LogP contribution in [0.25, 0.3) is 0 Å². The minimum Gasteiger partial charge on any atom is -0.462 e. The maximum Gasteiger partial charge on any atom is 0.341 e. The molecule has 0 amide bonds. The molecule has 1 unspecified atom stereocenters. The molecule has 5 heteroatoms. The molecule has 17 heavy (non-hydrogen) atoms. The molecule has 94 valence electrons. The molecule has 0 saturated heterocycles. The van der Waals surface area contributed by atoms with Crippen molar-refractivity contribution in [2.24, 2.45) is 0 Å². The van der Waals surface area contributed by atoms with E-state index in [0.717, 1.165) is 24.8 Å². The van der Waals surface area contributed by atoms with Crippen molar-refractivity contribution in [2.75, 3.05) is 12.3 Å². The number of nitrogen functional groups attached to an aromatic ring is 1. The molecule has 0 aliphatic heterocycles. The molecular weight excluding hydrogens is 254 g/mol. The first-order valence-corrected chi connectivity index (χ1v) is 7.00. The van der Waals surface area contributed by atoms with Crippen LogP contribution in [-0.2, 0) is 17.6 Å². The summed E-state index contributed by atoms with van der Waals surface area (Å²) in [6, 6.07) is 0. The number of hydrogen-bond donors (Lipinski definition) is 2. The number of anilines is 1. The highest BCUT2D eigenvalue weighted by atomic mass is 32.1. The number of carbonyl (C=O) groups excluding carboxylic acids is 1. The zero-order chi connectivity index (χ0) is 12.6. The van der Waals surface area contributed by atoms with E-state index in [1.807, 2.05) is 0 Å². The summed E-state index contributed by atoms with van der Waals surface area (Å²) in [7, 11) is 0. The van der Waals surface area contributed by atoms with E-state index in [0.29, 0.717) is 17.2 Å². The minimum absolute atomic E-state index is 0.0101. The summed E-state index contributed by atoms with van der Waals surface area (Å²) in [5.74, 6) is -0.287. The first-order chi connectivity index (χ1) is 7.94. The molecule has 1 atom stereocenters. The maximum atomic E-state index is 11.8.